The number of benzene rings is 2. The largest absolute Gasteiger partial charge is 0.370 e. The molecule has 0 atom stereocenters. The Hall–Kier alpha value is -3.75. The van der Waals surface area contributed by atoms with Crippen molar-refractivity contribution in [1.82, 2.24) is 14.7 Å². The van der Waals surface area contributed by atoms with Crippen LogP contribution < -0.4 is 4.90 Å². The molecule has 4 rings (SSSR count). The molecule has 0 bridgehead atoms. The molecule has 3 aromatic rings. The van der Waals surface area contributed by atoms with Gasteiger partial charge in [0.2, 0.25) is 0 Å². The highest BCUT2D eigenvalue weighted by Crippen LogP contribution is 2.19. The Labute approximate surface area is 172 Å². The van der Waals surface area contributed by atoms with Crippen LogP contribution in [-0.4, -0.2) is 51.7 Å². The monoisotopic (exact) mass is 409 g/mol. The maximum absolute atomic E-state index is 13.2. The smallest absolute Gasteiger partial charge is 0.269 e. The van der Waals surface area contributed by atoms with Crippen LogP contribution in [0.5, 0.6) is 0 Å². The fourth-order valence-electron chi connectivity index (χ4n) is 3.51. The molecule has 154 valence electrons. The molecule has 0 spiro atoms. The fraction of sp³-hybridized carbons (Fsp3) is 0.238. The van der Waals surface area contributed by atoms with E-state index < -0.39 is 4.92 Å². The zero-order chi connectivity index (χ0) is 21.1. The maximum atomic E-state index is 13.2. The Morgan fingerprint density at radius 1 is 0.967 bits per heavy atom. The number of carbonyl (C=O) groups is 1. The van der Waals surface area contributed by atoms with E-state index in [1.165, 1.54) is 35.1 Å². The van der Waals surface area contributed by atoms with Crippen molar-refractivity contribution in [2.24, 2.45) is 0 Å². The summed E-state index contributed by atoms with van der Waals surface area (Å²) in [7, 11) is 0. The molecule has 0 N–H and O–H groups in total. The number of anilines is 1. The summed E-state index contributed by atoms with van der Waals surface area (Å²) in [6, 6.07) is 12.4. The van der Waals surface area contributed by atoms with E-state index in [1.807, 2.05) is 0 Å². The first kappa shape index (κ1) is 19.6. The molecule has 0 aliphatic carbocycles. The molecule has 1 fully saturated rings. The molecule has 0 radical (unpaired) electrons. The number of nitro benzene ring substituents is 1. The normalized spacial score (nSPS) is 14.4. The van der Waals surface area contributed by atoms with Gasteiger partial charge in [0.05, 0.1) is 22.4 Å². The van der Waals surface area contributed by atoms with Crippen molar-refractivity contribution in [1.29, 1.82) is 0 Å². The molecule has 30 heavy (non-hydrogen) atoms. The number of hydrogen-bond acceptors (Lipinski definition) is 5. The quantitative estimate of drug-likeness (QED) is 0.488. The summed E-state index contributed by atoms with van der Waals surface area (Å²) >= 11 is 0. The van der Waals surface area contributed by atoms with E-state index in [0.29, 0.717) is 30.9 Å². The first-order chi connectivity index (χ1) is 14.5. The highest BCUT2D eigenvalue weighted by Gasteiger charge is 2.22. The minimum absolute atomic E-state index is 0.00233. The summed E-state index contributed by atoms with van der Waals surface area (Å²) in [4.78, 5) is 27.2. The molecule has 1 amide bonds. The molecule has 1 aliphatic rings. The average molecular weight is 409 g/mol. The Kier molecular flexibility index (Phi) is 5.42. The highest BCUT2D eigenvalue weighted by molar-refractivity contribution is 5.93. The van der Waals surface area contributed by atoms with Gasteiger partial charge in [0, 0.05) is 50.2 Å². The molecule has 2 aromatic carbocycles. The zero-order valence-corrected chi connectivity index (χ0v) is 16.1. The van der Waals surface area contributed by atoms with Gasteiger partial charge in [0.15, 0.2) is 0 Å². The van der Waals surface area contributed by atoms with E-state index in [4.69, 9.17) is 0 Å². The molecular formula is C21H20FN5O3. The van der Waals surface area contributed by atoms with Gasteiger partial charge in [-0.2, -0.15) is 5.10 Å². The minimum Gasteiger partial charge on any atom is -0.370 e. The van der Waals surface area contributed by atoms with Crippen molar-refractivity contribution in [3.05, 3.63) is 82.4 Å². The van der Waals surface area contributed by atoms with Crippen molar-refractivity contribution in [3.63, 3.8) is 0 Å². The topological polar surface area (TPSA) is 84.5 Å². The van der Waals surface area contributed by atoms with E-state index in [0.717, 1.165) is 18.7 Å². The lowest BCUT2D eigenvalue weighted by atomic mass is 10.2. The molecular weight excluding hydrogens is 389 g/mol. The predicted molar refractivity (Wildman–Crippen MR) is 109 cm³/mol. The standard InChI is InChI=1S/C21H20FN5O3/c22-17-2-4-18(5-3-17)24-10-1-11-25(13-12-24)21(28)16-14-23-26(15-16)19-6-8-20(9-7-19)27(29)30/h2-9,14-15H,1,10-13H2. The van der Waals surface area contributed by atoms with Gasteiger partial charge in [0.25, 0.3) is 11.6 Å². The van der Waals surface area contributed by atoms with Gasteiger partial charge in [-0.25, -0.2) is 9.07 Å². The van der Waals surface area contributed by atoms with E-state index in [1.54, 1.807) is 35.4 Å². The Bertz CT molecular complexity index is 1050. The van der Waals surface area contributed by atoms with Crippen molar-refractivity contribution >= 4 is 17.3 Å². The lowest BCUT2D eigenvalue weighted by molar-refractivity contribution is -0.384. The lowest BCUT2D eigenvalue weighted by Crippen LogP contribution is -2.35. The van der Waals surface area contributed by atoms with Gasteiger partial charge >= 0.3 is 0 Å². The average Bonchev–Trinajstić information content (AvgIpc) is 3.12. The number of halogens is 1. The number of rotatable bonds is 4. The Morgan fingerprint density at radius 2 is 1.67 bits per heavy atom. The van der Waals surface area contributed by atoms with Crippen LogP contribution in [0.1, 0.15) is 16.8 Å². The van der Waals surface area contributed by atoms with Crippen molar-refractivity contribution < 1.29 is 14.1 Å². The lowest BCUT2D eigenvalue weighted by Gasteiger charge is -2.23. The third-order valence-electron chi connectivity index (χ3n) is 5.13. The summed E-state index contributed by atoms with van der Waals surface area (Å²) in [5.41, 5.74) is 2.04. The van der Waals surface area contributed by atoms with Crippen LogP contribution in [-0.2, 0) is 0 Å². The Balaban J connectivity index is 1.43. The molecule has 1 aromatic heterocycles. The van der Waals surface area contributed by atoms with Crippen molar-refractivity contribution in [3.8, 4) is 5.69 Å². The number of non-ortho nitro benzene ring substituents is 1. The Morgan fingerprint density at radius 3 is 2.37 bits per heavy atom. The van der Waals surface area contributed by atoms with Crippen LogP contribution in [0.25, 0.3) is 5.69 Å². The van der Waals surface area contributed by atoms with Crippen LogP contribution in [0.2, 0.25) is 0 Å². The maximum Gasteiger partial charge on any atom is 0.269 e. The molecule has 1 saturated heterocycles. The number of carbonyl (C=O) groups excluding carboxylic acids is 1. The second-order valence-electron chi connectivity index (χ2n) is 7.06. The van der Waals surface area contributed by atoms with Gasteiger partial charge < -0.3 is 9.80 Å². The minimum atomic E-state index is -0.462. The third-order valence-corrected chi connectivity index (χ3v) is 5.13. The van der Waals surface area contributed by atoms with Gasteiger partial charge in [-0.1, -0.05) is 0 Å². The molecule has 9 heteroatoms. The summed E-state index contributed by atoms with van der Waals surface area (Å²) in [6.07, 6.45) is 3.94. The molecule has 2 heterocycles. The first-order valence-corrected chi connectivity index (χ1v) is 9.60. The van der Waals surface area contributed by atoms with Crippen LogP contribution in [0.3, 0.4) is 0 Å². The van der Waals surface area contributed by atoms with Crippen LogP contribution in [0, 0.1) is 15.9 Å². The first-order valence-electron chi connectivity index (χ1n) is 9.60. The summed E-state index contributed by atoms with van der Waals surface area (Å²) in [5.74, 6) is -0.375. The number of nitrogens with zero attached hydrogens (tertiary/aromatic N) is 5. The number of hydrogen-bond donors (Lipinski definition) is 0. The van der Waals surface area contributed by atoms with E-state index in [9.17, 15) is 19.3 Å². The predicted octanol–water partition coefficient (Wildman–Crippen LogP) is 3.27. The molecule has 8 nitrogen and oxygen atoms in total. The van der Waals surface area contributed by atoms with Gasteiger partial charge in [0.1, 0.15) is 5.82 Å². The van der Waals surface area contributed by atoms with E-state index >= 15 is 0 Å². The number of nitro groups is 1. The van der Waals surface area contributed by atoms with Crippen LogP contribution >= 0.6 is 0 Å². The van der Waals surface area contributed by atoms with E-state index in [-0.39, 0.29) is 17.4 Å². The summed E-state index contributed by atoms with van der Waals surface area (Å²) in [6.45, 7) is 2.63. The molecule has 1 aliphatic heterocycles. The molecule has 0 saturated carbocycles. The SMILES string of the molecule is O=C(c1cnn(-c2ccc([N+](=O)[O-])cc2)c1)N1CCCN(c2ccc(F)cc2)CC1. The number of aromatic nitrogens is 2. The second-order valence-corrected chi connectivity index (χ2v) is 7.06. The van der Waals surface area contributed by atoms with Gasteiger partial charge in [-0.3, -0.25) is 14.9 Å². The van der Waals surface area contributed by atoms with Gasteiger partial charge in [-0.05, 0) is 42.8 Å². The second kappa shape index (κ2) is 8.32. The highest BCUT2D eigenvalue weighted by atomic mass is 19.1. The molecule has 0 unspecified atom stereocenters. The van der Waals surface area contributed by atoms with Crippen molar-refractivity contribution in [2.75, 3.05) is 31.1 Å². The van der Waals surface area contributed by atoms with Crippen molar-refractivity contribution in [2.45, 2.75) is 6.42 Å². The fourth-order valence-corrected chi connectivity index (χ4v) is 3.51. The third kappa shape index (κ3) is 4.14. The summed E-state index contributed by atoms with van der Waals surface area (Å²) < 4.78 is 14.7. The number of amides is 1. The van der Waals surface area contributed by atoms with E-state index in [2.05, 4.69) is 10.00 Å². The van der Waals surface area contributed by atoms with Crippen LogP contribution in [0.15, 0.2) is 60.9 Å². The van der Waals surface area contributed by atoms with Crippen LogP contribution in [0.4, 0.5) is 15.8 Å². The van der Waals surface area contributed by atoms with Gasteiger partial charge in [-0.15, -0.1) is 0 Å². The zero-order valence-electron chi connectivity index (χ0n) is 16.1. The summed E-state index contributed by atoms with van der Waals surface area (Å²) in [5, 5.41) is 15.0.